The molecule has 0 aliphatic rings. The molecule has 0 aliphatic carbocycles. The molecule has 0 fully saturated rings. The molecule has 4 aromatic rings. The van der Waals surface area contributed by atoms with Crippen molar-refractivity contribution in [1.29, 1.82) is 0 Å². The van der Waals surface area contributed by atoms with Crippen LogP contribution in [0.2, 0.25) is 0 Å². The van der Waals surface area contributed by atoms with E-state index in [1.807, 2.05) is 24.3 Å². The first-order chi connectivity index (χ1) is 13.6. The maximum absolute atomic E-state index is 6.23. The fraction of sp³-hybridized carbons (Fsp3) is 0.174. The average molecular weight is 375 g/mol. The van der Waals surface area contributed by atoms with Gasteiger partial charge in [-0.05, 0) is 30.7 Å². The van der Waals surface area contributed by atoms with Crippen LogP contribution in [0.25, 0.3) is 33.6 Å². The van der Waals surface area contributed by atoms with Gasteiger partial charge in [-0.15, -0.1) is 0 Å². The monoisotopic (exact) mass is 375 g/mol. The van der Waals surface area contributed by atoms with E-state index in [0.29, 0.717) is 23.0 Å². The molecule has 0 radical (unpaired) electrons. The van der Waals surface area contributed by atoms with Crippen molar-refractivity contribution in [1.82, 2.24) is 4.98 Å². The van der Waals surface area contributed by atoms with Crippen molar-refractivity contribution < 1.29 is 18.6 Å². The summed E-state index contributed by atoms with van der Waals surface area (Å²) in [4.78, 5) is 4.47. The molecule has 2 aromatic carbocycles. The summed E-state index contributed by atoms with van der Waals surface area (Å²) in [6.45, 7) is 2.07. The molecular formula is C23H21NO4. The van der Waals surface area contributed by atoms with Gasteiger partial charge in [0.2, 0.25) is 5.75 Å². The largest absolute Gasteiger partial charge is 0.493 e. The molecule has 2 aromatic heterocycles. The van der Waals surface area contributed by atoms with E-state index < -0.39 is 0 Å². The Bertz CT molecular complexity index is 1100. The van der Waals surface area contributed by atoms with Crippen LogP contribution in [0, 0.1) is 6.92 Å². The fourth-order valence-corrected chi connectivity index (χ4v) is 3.26. The number of furan rings is 1. The van der Waals surface area contributed by atoms with Crippen LogP contribution in [0.3, 0.4) is 0 Å². The highest BCUT2D eigenvalue weighted by molar-refractivity contribution is 5.92. The van der Waals surface area contributed by atoms with E-state index in [-0.39, 0.29) is 0 Å². The summed E-state index contributed by atoms with van der Waals surface area (Å²) in [6, 6.07) is 16.0. The van der Waals surface area contributed by atoms with Crippen LogP contribution in [0.1, 0.15) is 5.56 Å². The van der Waals surface area contributed by atoms with E-state index in [2.05, 4.69) is 36.2 Å². The minimum absolute atomic E-state index is 0.545. The quantitative estimate of drug-likeness (QED) is 0.461. The molecule has 0 amide bonds. The Morgan fingerprint density at radius 3 is 2.07 bits per heavy atom. The van der Waals surface area contributed by atoms with Gasteiger partial charge in [0.1, 0.15) is 11.3 Å². The zero-order valence-electron chi connectivity index (χ0n) is 16.3. The number of ether oxygens (including phenoxy) is 3. The van der Waals surface area contributed by atoms with Crippen LogP contribution in [0.4, 0.5) is 0 Å². The lowest BCUT2D eigenvalue weighted by molar-refractivity contribution is 0.324. The van der Waals surface area contributed by atoms with Crippen molar-refractivity contribution in [3.63, 3.8) is 0 Å². The number of hydrogen-bond acceptors (Lipinski definition) is 5. The van der Waals surface area contributed by atoms with Gasteiger partial charge in [-0.2, -0.15) is 0 Å². The predicted octanol–water partition coefficient (Wildman–Crippen LogP) is 5.50. The second-order valence-electron chi connectivity index (χ2n) is 6.46. The molecule has 28 heavy (non-hydrogen) atoms. The third-order valence-corrected chi connectivity index (χ3v) is 4.72. The van der Waals surface area contributed by atoms with Crippen molar-refractivity contribution >= 4 is 11.1 Å². The minimum Gasteiger partial charge on any atom is -0.493 e. The molecule has 0 saturated heterocycles. The number of pyridine rings is 1. The number of aromatic nitrogens is 1. The second kappa shape index (κ2) is 7.27. The van der Waals surface area contributed by atoms with Crippen LogP contribution < -0.4 is 14.2 Å². The standard InChI is InChI=1S/C23H21NO4/c1-14-5-7-15(8-6-14)17-9-10-24-18-13-19(28-22(17)18)16-11-20(25-2)23(27-4)21(12-16)26-3/h5-13H,1-4H3. The third-order valence-electron chi connectivity index (χ3n) is 4.72. The van der Waals surface area contributed by atoms with E-state index >= 15 is 0 Å². The number of rotatable bonds is 5. The first kappa shape index (κ1) is 17.9. The van der Waals surface area contributed by atoms with E-state index in [1.165, 1.54) is 5.56 Å². The Morgan fingerprint density at radius 2 is 1.46 bits per heavy atom. The van der Waals surface area contributed by atoms with Gasteiger partial charge in [0.15, 0.2) is 17.1 Å². The zero-order valence-corrected chi connectivity index (χ0v) is 16.3. The Labute approximate surface area is 163 Å². The van der Waals surface area contributed by atoms with Crippen LogP contribution in [-0.2, 0) is 0 Å². The van der Waals surface area contributed by atoms with Crippen molar-refractivity contribution in [2.75, 3.05) is 21.3 Å². The molecule has 0 atom stereocenters. The van der Waals surface area contributed by atoms with Crippen LogP contribution >= 0.6 is 0 Å². The third kappa shape index (κ3) is 3.05. The van der Waals surface area contributed by atoms with E-state index in [1.54, 1.807) is 27.5 Å². The van der Waals surface area contributed by atoms with Gasteiger partial charge in [0, 0.05) is 23.4 Å². The number of hydrogen-bond donors (Lipinski definition) is 0. The number of aryl methyl sites for hydroxylation is 1. The number of benzene rings is 2. The van der Waals surface area contributed by atoms with Crippen molar-refractivity contribution in [3.8, 4) is 39.7 Å². The highest BCUT2D eigenvalue weighted by Gasteiger charge is 2.18. The minimum atomic E-state index is 0.545. The van der Waals surface area contributed by atoms with Crippen LogP contribution in [-0.4, -0.2) is 26.3 Å². The molecular weight excluding hydrogens is 354 g/mol. The normalized spacial score (nSPS) is 10.9. The van der Waals surface area contributed by atoms with E-state index in [4.69, 9.17) is 18.6 Å². The number of methoxy groups -OCH3 is 3. The molecule has 5 nitrogen and oxygen atoms in total. The Hall–Kier alpha value is -3.47. The van der Waals surface area contributed by atoms with Gasteiger partial charge >= 0.3 is 0 Å². The van der Waals surface area contributed by atoms with Gasteiger partial charge in [-0.3, -0.25) is 4.98 Å². The molecule has 2 heterocycles. The first-order valence-electron chi connectivity index (χ1n) is 8.90. The zero-order chi connectivity index (χ0) is 19.7. The molecule has 142 valence electrons. The first-order valence-corrected chi connectivity index (χ1v) is 8.90. The summed E-state index contributed by atoms with van der Waals surface area (Å²) in [5.74, 6) is 2.37. The average Bonchev–Trinajstić information content (AvgIpc) is 3.17. The summed E-state index contributed by atoms with van der Waals surface area (Å²) in [5.41, 5.74) is 5.67. The Balaban J connectivity index is 1.87. The number of fused-ring (bicyclic) bond motifs is 1. The predicted molar refractivity (Wildman–Crippen MR) is 109 cm³/mol. The smallest absolute Gasteiger partial charge is 0.203 e. The lowest BCUT2D eigenvalue weighted by Gasteiger charge is -2.13. The van der Waals surface area contributed by atoms with Gasteiger partial charge in [-0.25, -0.2) is 0 Å². The second-order valence-corrected chi connectivity index (χ2v) is 6.46. The van der Waals surface area contributed by atoms with Crippen LogP contribution in [0.5, 0.6) is 17.2 Å². The SMILES string of the molecule is COc1cc(-c2cc3nccc(-c4ccc(C)cc4)c3o2)cc(OC)c1OC. The molecule has 5 heteroatoms. The maximum atomic E-state index is 6.23. The van der Waals surface area contributed by atoms with E-state index in [0.717, 1.165) is 27.8 Å². The van der Waals surface area contributed by atoms with Gasteiger partial charge in [-0.1, -0.05) is 29.8 Å². The van der Waals surface area contributed by atoms with Gasteiger partial charge < -0.3 is 18.6 Å². The lowest BCUT2D eigenvalue weighted by atomic mass is 10.0. The summed E-state index contributed by atoms with van der Waals surface area (Å²) >= 11 is 0. The van der Waals surface area contributed by atoms with Crippen LogP contribution in [0.15, 0.2) is 59.1 Å². The Morgan fingerprint density at radius 1 is 0.786 bits per heavy atom. The van der Waals surface area contributed by atoms with Crippen molar-refractivity contribution in [2.45, 2.75) is 6.92 Å². The molecule has 0 unspecified atom stereocenters. The summed E-state index contributed by atoms with van der Waals surface area (Å²) in [6.07, 6.45) is 1.80. The lowest BCUT2D eigenvalue weighted by Crippen LogP contribution is -1.95. The number of nitrogens with zero attached hydrogens (tertiary/aromatic N) is 1. The molecule has 0 spiro atoms. The summed E-state index contributed by atoms with van der Waals surface area (Å²) in [5, 5.41) is 0. The Kier molecular flexibility index (Phi) is 4.65. The highest BCUT2D eigenvalue weighted by Crippen LogP contribution is 2.42. The maximum Gasteiger partial charge on any atom is 0.203 e. The summed E-state index contributed by atoms with van der Waals surface area (Å²) < 4.78 is 22.5. The van der Waals surface area contributed by atoms with Gasteiger partial charge in [0.05, 0.1) is 21.3 Å². The topological polar surface area (TPSA) is 53.7 Å². The molecule has 4 rings (SSSR count). The van der Waals surface area contributed by atoms with Crippen molar-refractivity contribution in [2.24, 2.45) is 0 Å². The summed E-state index contributed by atoms with van der Waals surface area (Å²) in [7, 11) is 4.77. The molecule has 0 bridgehead atoms. The molecule has 0 aliphatic heterocycles. The van der Waals surface area contributed by atoms with Gasteiger partial charge in [0.25, 0.3) is 0 Å². The van der Waals surface area contributed by atoms with E-state index in [9.17, 15) is 0 Å². The van der Waals surface area contributed by atoms with Crippen molar-refractivity contribution in [3.05, 3.63) is 60.3 Å². The molecule has 0 saturated carbocycles. The fourth-order valence-electron chi connectivity index (χ4n) is 3.26. The molecule has 0 N–H and O–H groups in total. The highest BCUT2D eigenvalue weighted by atomic mass is 16.5.